The summed E-state index contributed by atoms with van der Waals surface area (Å²) in [6.45, 7) is 2.67. The standard InChI is InChI=1S/C23H20ClN3O2/c1-14(25-12-15-6-5-9-18(24)10-15)17-11-19-21(28)20(16-7-3-2-4-8-16)23(29)27-22(19)26-13-17/h2-11,13-14,25H,12H2,1H3,(H2,26,27,28,29). The van der Waals surface area contributed by atoms with Crippen LogP contribution in [0.5, 0.6) is 5.75 Å². The first-order chi connectivity index (χ1) is 14.0. The van der Waals surface area contributed by atoms with Crippen molar-refractivity contribution in [1.82, 2.24) is 15.3 Å². The minimum Gasteiger partial charge on any atom is -0.506 e. The van der Waals surface area contributed by atoms with Gasteiger partial charge in [-0.25, -0.2) is 4.98 Å². The van der Waals surface area contributed by atoms with Crippen LogP contribution in [0.1, 0.15) is 24.1 Å². The van der Waals surface area contributed by atoms with Crippen molar-refractivity contribution in [2.24, 2.45) is 0 Å². The Labute approximate surface area is 173 Å². The number of rotatable bonds is 5. The second kappa shape index (κ2) is 8.07. The lowest BCUT2D eigenvalue weighted by molar-refractivity contribution is 0.482. The molecule has 3 N–H and O–H groups in total. The summed E-state index contributed by atoms with van der Waals surface area (Å²) >= 11 is 6.04. The first kappa shape index (κ1) is 19.2. The van der Waals surface area contributed by atoms with Gasteiger partial charge in [-0.05, 0) is 41.8 Å². The van der Waals surface area contributed by atoms with Gasteiger partial charge in [-0.1, -0.05) is 54.1 Å². The highest BCUT2D eigenvalue weighted by molar-refractivity contribution is 6.30. The quantitative estimate of drug-likeness (QED) is 0.445. The topological polar surface area (TPSA) is 78.0 Å². The van der Waals surface area contributed by atoms with Gasteiger partial charge in [-0.3, -0.25) is 4.79 Å². The lowest BCUT2D eigenvalue weighted by atomic mass is 10.0. The molecule has 6 heteroatoms. The minimum absolute atomic E-state index is 0.0163. The number of nitrogens with zero attached hydrogens (tertiary/aromatic N) is 1. The molecule has 1 atom stereocenters. The summed E-state index contributed by atoms with van der Waals surface area (Å²) < 4.78 is 0. The number of hydrogen-bond acceptors (Lipinski definition) is 4. The molecule has 1 unspecified atom stereocenters. The summed E-state index contributed by atoms with van der Waals surface area (Å²) in [6, 6.07) is 18.6. The normalized spacial score (nSPS) is 12.2. The number of aromatic nitrogens is 2. The van der Waals surface area contributed by atoms with Crippen LogP contribution in [0.15, 0.2) is 71.7 Å². The minimum atomic E-state index is -0.367. The van der Waals surface area contributed by atoms with Crippen LogP contribution in [0.2, 0.25) is 5.02 Å². The third-order valence-electron chi connectivity index (χ3n) is 4.92. The Hall–Kier alpha value is -3.15. The molecule has 2 aromatic carbocycles. The molecule has 146 valence electrons. The van der Waals surface area contributed by atoms with Crippen molar-refractivity contribution in [2.45, 2.75) is 19.5 Å². The third-order valence-corrected chi connectivity index (χ3v) is 5.16. The fourth-order valence-electron chi connectivity index (χ4n) is 3.32. The molecule has 2 heterocycles. The number of aromatic hydroxyl groups is 1. The van der Waals surface area contributed by atoms with Crippen molar-refractivity contribution in [1.29, 1.82) is 0 Å². The van der Waals surface area contributed by atoms with Gasteiger partial charge in [0.15, 0.2) is 0 Å². The molecule has 0 amide bonds. The molecule has 0 aliphatic rings. The summed E-state index contributed by atoms with van der Waals surface area (Å²) in [6.07, 6.45) is 1.70. The molecule has 0 radical (unpaired) electrons. The van der Waals surface area contributed by atoms with Crippen LogP contribution >= 0.6 is 11.6 Å². The van der Waals surface area contributed by atoms with Gasteiger partial charge in [0.05, 0.1) is 10.9 Å². The predicted octanol–water partition coefficient (Wildman–Crippen LogP) is 4.80. The SMILES string of the molecule is CC(NCc1cccc(Cl)c1)c1cnc2[nH]c(=O)c(-c3ccccc3)c(O)c2c1. The molecule has 5 nitrogen and oxygen atoms in total. The molecule has 2 aromatic heterocycles. The molecular weight excluding hydrogens is 386 g/mol. The van der Waals surface area contributed by atoms with E-state index in [0.717, 1.165) is 11.1 Å². The van der Waals surface area contributed by atoms with Gasteiger partial charge in [0.25, 0.3) is 5.56 Å². The van der Waals surface area contributed by atoms with E-state index in [1.807, 2.05) is 55.5 Å². The second-order valence-electron chi connectivity index (χ2n) is 6.94. The predicted molar refractivity (Wildman–Crippen MR) is 116 cm³/mol. The largest absolute Gasteiger partial charge is 0.506 e. The van der Waals surface area contributed by atoms with E-state index in [-0.39, 0.29) is 22.9 Å². The Kier molecular flexibility index (Phi) is 5.34. The van der Waals surface area contributed by atoms with Crippen LogP contribution < -0.4 is 10.9 Å². The van der Waals surface area contributed by atoms with Crippen molar-refractivity contribution >= 4 is 22.6 Å². The maximum absolute atomic E-state index is 12.5. The van der Waals surface area contributed by atoms with Crippen LogP contribution in [0.4, 0.5) is 0 Å². The molecular formula is C23H20ClN3O2. The van der Waals surface area contributed by atoms with Gasteiger partial charge >= 0.3 is 0 Å². The molecule has 29 heavy (non-hydrogen) atoms. The van der Waals surface area contributed by atoms with Crippen molar-refractivity contribution < 1.29 is 5.11 Å². The van der Waals surface area contributed by atoms with Crippen molar-refractivity contribution in [3.63, 3.8) is 0 Å². The van der Waals surface area contributed by atoms with E-state index in [0.29, 0.717) is 28.2 Å². The summed E-state index contributed by atoms with van der Waals surface area (Å²) in [5.74, 6) is -0.0636. The Morgan fingerprint density at radius 1 is 1.14 bits per heavy atom. The summed E-state index contributed by atoms with van der Waals surface area (Å²) in [5.41, 5.74) is 2.88. The summed E-state index contributed by atoms with van der Waals surface area (Å²) in [5, 5.41) is 15.5. The smallest absolute Gasteiger partial charge is 0.261 e. The van der Waals surface area contributed by atoms with Gasteiger partial charge in [0.2, 0.25) is 0 Å². The van der Waals surface area contributed by atoms with E-state index < -0.39 is 0 Å². The van der Waals surface area contributed by atoms with Crippen LogP contribution in [-0.2, 0) is 6.54 Å². The van der Waals surface area contributed by atoms with Crippen LogP contribution in [-0.4, -0.2) is 15.1 Å². The first-order valence-electron chi connectivity index (χ1n) is 9.31. The monoisotopic (exact) mass is 405 g/mol. The maximum atomic E-state index is 12.5. The molecule has 4 aromatic rings. The van der Waals surface area contributed by atoms with Crippen molar-refractivity contribution in [2.75, 3.05) is 0 Å². The van der Waals surface area contributed by atoms with E-state index in [1.165, 1.54) is 0 Å². The highest BCUT2D eigenvalue weighted by Crippen LogP contribution is 2.32. The average molecular weight is 406 g/mol. The molecule has 0 aliphatic carbocycles. The first-order valence-corrected chi connectivity index (χ1v) is 9.69. The number of aromatic amines is 1. The van der Waals surface area contributed by atoms with Gasteiger partial charge < -0.3 is 15.4 Å². The zero-order valence-corrected chi connectivity index (χ0v) is 16.6. The molecule has 0 bridgehead atoms. The fourth-order valence-corrected chi connectivity index (χ4v) is 3.53. The van der Waals surface area contributed by atoms with Crippen LogP contribution in [0, 0.1) is 0 Å². The number of H-pyrrole nitrogens is 1. The average Bonchev–Trinajstić information content (AvgIpc) is 2.73. The van der Waals surface area contributed by atoms with E-state index in [4.69, 9.17) is 11.6 Å². The lowest BCUT2D eigenvalue weighted by Gasteiger charge is -2.15. The summed E-state index contributed by atoms with van der Waals surface area (Å²) in [4.78, 5) is 19.6. The number of nitrogens with one attached hydrogen (secondary N) is 2. The lowest BCUT2D eigenvalue weighted by Crippen LogP contribution is -2.18. The molecule has 0 fully saturated rings. The highest BCUT2D eigenvalue weighted by Gasteiger charge is 2.16. The Balaban J connectivity index is 1.67. The number of fused-ring (bicyclic) bond motifs is 1. The number of hydrogen-bond donors (Lipinski definition) is 3. The van der Waals surface area contributed by atoms with Gasteiger partial charge in [0, 0.05) is 23.8 Å². The van der Waals surface area contributed by atoms with Crippen molar-refractivity contribution in [3.05, 3.63) is 93.4 Å². The zero-order chi connectivity index (χ0) is 20.4. The number of pyridine rings is 2. The van der Waals surface area contributed by atoms with E-state index in [9.17, 15) is 9.90 Å². The van der Waals surface area contributed by atoms with E-state index >= 15 is 0 Å². The van der Waals surface area contributed by atoms with Gasteiger partial charge in [-0.15, -0.1) is 0 Å². The number of halogens is 1. The Morgan fingerprint density at radius 3 is 2.69 bits per heavy atom. The van der Waals surface area contributed by atoms with Gasteiger partial charge in [0.1, 0.15) is 11.4 Å². The molecule has 0 saturated heterocycles. The van der Waals surface area contributed by atoms with Crippen molar-refractivity contribution in [3.8, 4) is 16.9 Å². The Bertz CT molecular complexity index is 1220. The highest BCUT2D eigenvalue weighted by atomic mass is 35.5. The molecule has 0 aliphatic heterocycles. The second-order valence-corrected chi connectivity index (χ2v) is 7.38. The van der Waals surface area contributed by atoms with Crippen LogP contribution in [0.25, 0.3) is 22.2 Å². The van der Waals surface area contributed by atoms with Crippen LogP contribution in [0.3, 0.4) is 0 Å². The zero-order valence-electron chi connectivity index (χ0n) is 15.8. The molecule has 0 spiro atoms. The summed E-state index contributed by atoms with van der Waals surface area (Å²) in [7, 11) is 0. The molecule has 0 saturated carbocycles. The van der Waals surface area contributed by atoms with Gasteiger partial charge in [-0.2, -0.15) is 0 Å². The van der Waals surface area contributed by atoms with E-state index in [2.05, 4.69) is 15.3 Å². The molecule has 4 rings (SSSR count). The number of benzene rings is 2. The van der Waals surface area contributed by atoms with E-state index in [1.54, 1.807) is 18.3 Å². The maximum Gasteiger partial charge on any atom is 0.261 e. The third kappa shape index (κ3) is 4.01. The Morgan fingerprint density at radius 2 is 1.93 bits per heavy atom. The fraction of sp³-hybridized carbons (Fsp3) is 0.130.